The number of nitrogens with one attached hydrogen (secondary N) is 1. The van der Waals surface area contributed by atoms with Crippen molar-refractivity contribution in [3.63, 3.8) is 0 Å². The summed E-state index contributed by atoms with van der Waals surface area (Å²) in [6.45, 7) is 1.71. The Labute approximate surface area is 145 Å². The number of hydrogen-bond acceptors (Lipinski definition) is 5. The fourth-order valence-corrected chi connectivity index (χ4v) is 2.79. The maximum absolute atomic E-state index is 12.3. The molecule has 0 saturated carbocycles. The van der Waals surface area contributed by atoms with Crippen LogP contribution < -0.4 is 5.32 Å². The molecule has 1 aliphatic rings. The van der Waals surface area contributed by atoms with E-state index in [1.807, 2.05) is 31.3 Å². The van der Waals surface area contributed by atoms with Crippen LogP contribution in [-0.2, 0) is 17.9 Å². The van der Waals surface area contributed by atoms with E-state index in [2.05, 4.69) is 10.2 Å². The van der Waals surface area contributed by atoms with Crippen LogP contribution in [0.2, 0.25) is 0 Å². The average Bonchev–Trinajstić information content (AvgIpc) is 2.95. The van der Waals surface area contributed by atoms with Gasteiger partial charge in [-0.25, -0.2) is 0 Å². The zero-order chi connectivity index (χ0) is 18.0. The van der Waals surface area contributed by atoms with E-state index in [1.165, 1.54) is 29.8 Å². The molecule has 3 rings (SSSR count). The topological polar surface area (TPSA) is 96.6 Å². The Kier molecular flexibility index (Phi) is 4.42. The Bertz CT molecular complexity index is 913. The number of carbonyl (C=O) groups is 1. The number of nitrogens with zero attached hydrogens (tertiary/aromatic N) is 2. The number of aromatic hydroxyl groups is 2. The summed E-state index contributed by atoms with van der Waals surface area (Å²) in [5, 5.41) is 30.8. The summed E-state index contributed by atoms with van der Waals surface area (Å²) < 4.78 is 0. The summed E-state index contributed by atoms with van der Waals surface area (Å²) in [6.07, 6.45) is 1.36. The molecule has 0 saturated heterocycles. The van der Waals surface area contributed by atoms with Crippen molar-refractivity contribution in [2.45, 2.75) is 13.1 Å². The highest BCUT2D eigenvalue weighted by Gasteiger charge is 2.17. The standard InChI is InChI=1S/C19H17N3O3/c1-22-10-13-3-4-16(8-15(13)11-22)21-19(25)14(9-20)6-12-2-5-17(23)18(24)7-12/h2-8,23-24H,10-11H2,1H3,(H,21,25)/b14-6+. The van der Waals surface area contributed by atoms with Gasteiger partial charge in [0.15, 0.2) is 11.5 Å². The normalized spacial score (nSPS) is 14.0. The van der Waals surface area contributed by atoms with Gasteiger partial charge in [0.25, 0.3) is 5.91 Å². The van der Waals surface area contributed by atoms with Crippen LogP contribution in [0.5, 0.6) is 11.5 Å². The van der Waals surface area contributed by atoms with Crippen molar-refractivity contribution >= 4 is 17.7 Å². The Morgan fingerprint density at radius 2 is 1.92 bits per heavy atom. The Morgan fingerprint density at radius 1 is 1.16 bits per heavy atom. The summed E-state index contributed by atoms with van der Waals surface area (Å²) in [7, 11) is 2.03. The molecule has 0 aromatic heterocycles. The van der Waals surface area contributed by atoms with Crippen molar-refractivity contribution in [3.05, 3.63) is 58.7 Å². The first kappa shape index (κ1) is 16.6. The molecule has 3 N–H and O–H groups in total. The summed E-state index contributed by atoms with van der Waals surface area (Å²) in [5.74, 6) is -1.10. The lowest BCUT2D eigenvalue weighted by molar-refractivity contribution is -0.112. The second-order valence-electron chi connectivity index (χ2n) is 6.03. The molecule has 1 aliphatic heterocycles. The molecule has 0 unspecified atom stereocenters. The lowest BCUT2D eigenvalue weighted by Crippen LogP contribution is -2.13. The van der Waals surface area contributed by atoms with E-state index >= 15 is 0 Å². The van der Waals surface area contributed by atoms with Crippen LogP contribution >= 0.6 is 0 Å². The van der Waals surface area contributed by atoms with Crippen LogP contribution in [-0.4, -0.2) is 28.1 Å². The molecule has 1 heterocycles. The lowest BCUT2D eigenvalue weighted by atomic mass is 10.1. The molecule has 126 valence electrons. The van der Waals surface area contributed by atoms with Crippen molar-refractivity contribution < 1.29 is 15.0 Å². The number of amides is 1. The predicted octanol–water partition coefficient (Wildman–Crippen LogP) is 2.59. The average molecular weight is 335 g/mol. The van der Waals surface area contributed by atoms with Crippen LogP contribution in [0.3, 0.4) is 0 Å². The van der Waals surface area contributed by atoms with Crippen molar-refractivity contribution in [2.75, 3.05) is 12.4 Å². The molecular weight excluding hydrogens is 318 g/mol. The third kappa shape index (κ3) is 3.62. The predicted molar refractivity (Wildman–Crippen MR) is 93.6 cm³/mol. The number of carbonyl (C=O) groups excluding carboxylic acids is 1. The van der Waals surface area contributed by atoms with Gasteiger partial charge < -0.3 is 15.5 Å². The van der Waals surface area contributed by atoms with Crippen molar-refractivity contribution in [1.29, 1.82) is 5.26 Å². The third-order valence-corrected chi connectivity index (χ3v) is 4.02. The molecule has 6 heteroatoms. The molecule has 6 nitrogen and oxygen atoms in total. The van der Waals surface area contributed by atoms with Crippen LogP contribution in [0.4, 0.5) is 5.69 Å². The first-order valence-electron chi connectivity index (χ1n) is 7.72. The minimum absolute atomic E-state index is 0.0947. The highest BCUT2D eigenvalue weighted by atomic mass is 16.3. The first-order valence-corrected chi connectivity index (χ1v) is 7.72. The van der Waals surface area contributed by atoms with Crippen LogP contribution in [0.25, 0.3) is 6.08 Å². The Morgan fingerprint density at radius 3 is 2.64 bits per heavy atom. The highest BCUT2D eigenvalue weighted by Crippen LogP contribution is 2.27. The lowest BCUT2D eigenvalue weighted by Gasteiger charge is -2.07. The zero-order valence-electron chi connectivity index (χ0n) is 13.7. The summed E-state index contributed by atoms with van der Waals surface area (Å²) in [6, 6.07) is 11.7. The molecule has 0 fully saturated rings. The number of fused-ring (bicyclic) bond motifs is 1. The van der Waals surface area contributed by atoms with Crippen molar-refractivity contribution in [3.8, 4) is 17.6 Å². The van der Waals surface area contributed by atoms with E-state index < -0.39 is 5.91 Å². The van der Waals surface area contributed by atoms with E-state index in [1.54, 1.807) is 0 Å². The third-order valence-electron chi connectivity index (χ3n) is 4.02. The number of phenolic OH excluding ortho intramolecular Hbond substituents is 2. The highest BCUT2D eigenvalue weighted by molar-refractivity contribution is 6.09. The second kappa shape index (κ2) is 6.67. The van der Waals surface area contributed by atoms with Gasteiger partial charge >= 0.3 is 0 Å². The molecule has 2 aromatic carbocycles. The quantitative estimate of drug-likeness (QED) is 0.455. The number of phenols is 2. The first-order chi connectivity index (χ1) is 12.0. The van der Waals surface area contributed by atoms with Gasteiger partial charge in [0.2, 0.25) is 0 Å². The summed E-state index contributed by atoms with van der Waals surface area (Å²) in [5.41, 5.74) is 3.37. The van der Waals surface area contributed by atoms with Gasteiger partial charge in [-0.3, -0.25) is 9.69 Å². The van der Waals surface area contributed by atoms with E-state index in [-0.39, 0.29) is 17.1 Å². The van der Waals surface area contributed by atoms with Gasteiger partial charge in [-0.2, -0.15) is 5.26 Å². The SMILES string of the molecule is CN1Cc2ccc(NC(=O)/C(C#N)=C/c3ccc(O)c(O)c3)cc2C1. The molecular formula is C19H17N3O3. The van der Waals surface area contributed by atoms with Gasteiger partial charge in [0.05, 0.1) is 0 Å². The van der Waals surface area contributed by atoms with Gasteiger partial charge in [-0.15, -0.1) is 0 Å². The number of benzene rings is 2. The van der Waals surface area contributed by atoms with Gasteiger partial charge in [-0.1, -0.05) is 12.1 Å². The zero-order valence-corrected chi connectivity index (χ0v) is 13.7. The van der Waals surface area contributed by atoms with E-state index in [4.69, 9.17) is 0 Å². The van der Waals surface area contributed by atoms with Gasteiger partial charge in [0.1, 0.15) is 11.6 Å². The van der Waals surface area contributed by atoms with E-state index in [0.717, 1.165) is 18.7 Å². The molecule has 0 atom stereocenters. The molecule has 0 spiro atoms. The molecule has 0 radical (unpaired) electrons. The van der Waals surface area contributed by atoms with Gasteiger partial charge in [0, 0.05) is 18.8 Å². The van der Waals surface area contributed by atoms with E-state index in [0.29, 0.717) is 11.3 Å². The number of nitriles is 1. The Balaban J connectivity index is 1.79. The van der Waals surface area contributed by atoms with Crippen LogP contribution in [0, 0.1) is 11.3 Å². The molecule has 25 heavy (non-hydrogen) atoms. The smallest absolute Gasteiger partial charge is 0.266 e. The van der Waals surface area contributed by atoms with Crippen molar-refractivity contribution in [1.82, 2.24) is 4.90 Å². The number of anilines is 1. The van der Waals surface area contributed by atoms with Crippen LogP contribution in [0.1, 0.15) is 16.7 Å². The molecule has 0 bridgehead atoms. The maximum Gasteiger partial charge on any atom is 0.266 e. The molecule has 0 aliphatic carbocycles. The molecule has 1 amide bonds. The van der Waals surface area contributed by atoms with E-state index in [9.17, 15) is 20.3 Å². The van der Waals surface area contributed by atoms with Gasteiger partial charge in [-0.05, 0) is 54.1 Å². The molecule has 2 aromatic rings. The number of hydrogen-bond donors (Lipinski definition) is 3. The minimum Gasteiger partial charge on any atom is -0.504 e. The monoisotopic (exact) mass is 335 g/mol. The summed E-state index contributed by atoms with van der Waals surface area (Å²) >= 11 is 0. The fourth-order valence-electron chi connectivity index (χ4n) is 2.79. The van der Waals surface area contributed by atoms with Crippen LogP contribution in [0.15, 0.2) is 42.0 Å². The maximum atomic E-state index is 12.3. The minimum atomic E-state index is -0.527. The Hall–Kier alpha value is -3.30. The second-order valence-corrected chi connectivity index (χ2v) is 6.03. The largest absolute Gasteiger partial charge is 0.504 e. The fraction of sp³-hybridized carbons (Fsp3) is 0.158. The van der Waals surface area contributed by atoms with Crippen molar-refractivity contribution in [2.24, 2.45) is 0 Å². The number of rotatable bonds is 3. The summed E-state index contributed by atoms with van der Waals surface area (Å²) in [4.78, 5) is 14.5.